The average Bonchev–Trinajstić information content (AvgIpc) is 3.39. The number of esters is 1. The summed E-state index contributed by atoms with van der Waals surface area (Å²) in [6.45, 7) is 4.87. The molecule has 3 N–H and O–H groups in total. The molecule has 0 fully saturated rings. The van der Waals surface area contributed by atoms with Crippen molar-refractivity contribution in [2.24, 2.45) is 0 Å². The molecule has 0 aromatic heterocycles. The van der Waals surface area contributed by atoms with E-state index in [-0.39, 0.29) is 18.5 Å². The van der Waals surface area contributed by atoms with Crippen LogP contribution in [0.15, 0.2) is 48.6 Å². The number of amides is 1. The van der Waals surface area contributed by atoms with E-state index in [1.807, 2.05) is 6.08 Å². The van der Waals surface area contributed by atoms with Gasteiger partial charge in [0.05, 0.1) is 25.4 Å². The maximum atomic E-state index is 12.5. The molecule has 0 bridgehead atoms. The van der Waals surface area contributed by atoms with Crippen LogP contribution in [0.5, 0.6) is 0 Å². The van der Waals surface area contributed by atoms with Gasteiger partial charge in [0, 0.05) is 12.8 Å². The highest BCUT2D eigenvalue weighted by Gasteiger charge is 2.18. The molecule has 0 saturated heterocycles. The minimum absolute atomic E-state index is 0.00276. The van der Waals surface area contributed by atoms with Gasteiger partial charge in [0.15, 0.2) is 0 Å². The Morgan fingerprint density at radius 3 is 1.10 bits per heavy atom. The van der Waals surface area contributed by atoms with Gasteiger partial charge in [-0.15, -0.1) is 0 Å². The van der Waals surface area contributed by atoms with E-state index in [1.165, 1.54) is 263 Å². The topological polar surface area (TPSA) is 95.9 Å². The molecule has 1 amide bonds. The standard InChI is InChI=1S/C67H125NO5/c1-3-5-7-9-11-13-15-17-19-20-29-32-35-39-43-47-51-55-59-65(70)64(63-69)68-66(71)60-56-52-48-44-40-36-33-30-27-25-23-21-22-24-26-28-31-34-38-42-46-50-54-58-62-73-67(72)61-57-53-49-45-41-37-18-16-14-12-10-8-6-4-2/h10,12,16,18,23,25,55,59,64-65,69-70H,3-9,11,13-15,17,19-22,24,26-54,56-58,60-63H2,1-2H3,(H,68,71)/b12-10-,18-16-,25-23-,59-55+. The van der Waals surface area contributed by atoms with Crippen molar-refractivity contribution >= 4 is 11.9 Å². The van der Waals surface area contributed by atoms with E-state index in [2.05, 4.69) is 55.6 Å². The summed E-state index contributed by atoms with van der Waals surface area (Å²) in [6, 6.07) is -0.632. The first-order valence-electron chi connectivity index (χ1n) is 32.4. The number of hydrogen-bond acceptors (Lipinski definition) is 5. The van der Waals surface area contributed by atoms with Crippen LogP contribution in [-0.2, 0) is 14.3 Å². The highest BCUT2D eigenvalue weighted by atomic mass is 16.5. The van der Waals surface area contributed by atoms with Crippen LogP contribution in [-0.4, -0.2) is 47.4 Å². The summed E-state index contributed by atoms with van der Waals surface area (Å²) < 4.78 is 5.47. The van der Waals surface area contributed by atoms with Gasteiger partial charge in [0.2, 0.25) is 5.91 Å². The van der Waals surface area contributed by atoms with Gasteiger partial charge in [-0.25, -0.2) is 0 Å². The molecular weight excluding hydrogens is 899 g/mol. The summed E-state index contributed by atoms with van der Waals surface area (Å²) in [5.74, 6) is -0.0737. The molecule has 0 heterocycles. The fraction of sp³-hybridized carbons (Fsp3) is 0.851. The smallest absolute Gasteiger partial charge is 0.305 e. The highest BCUT2D eigenvalue weighted by Crippen LogP contribution is 2.17. The van der Waals surface area contributed by atoms with Crippen LogP contribution in [0.2, 0.25) is 0 Å². The van der Waals surface area contributed by atoms with Crippen molar-refractivity contribution < 1.29 is 24.5 Å². The number of aliphatic hydroxyl groups excluding tert-OH is 2. The van der Waals surface area contributed by atoms with E-state index in [0.29, 0.717) is 19.4 Å². The Morgan fingerprint density at radius 1 is 0.384 bits per heavy atom. The number of carbonyl (C=O) groups excluding carboxylic acids is 2. The van der Waals surface area contributed by atoms with Crippen molar-refractivity contribution in [2.75, 3.05) is 13.2 Å². The van der Waals surface area contributed by atoms with Crippen molar-refractivity contribution in [1.29, 1.82) is 0 Å². The third-order valence-electron chi connectivity index (χ3n) is 14.8. The maximum absolute atomic E-state index is 12.5. The van der Waals surface area contributed by atoms with Gasteiger partial charge < -0.3 is 20.3 Å². The molecule has 0 aliphatic rings. The Morgan fingerprint density at radius 2 is 0.699 bits per heavy atom. The summed E-state index contributed by atoms with van der Waals surface area (Å²) in [7, 11) is 0. The number of rotatable bonds is 60. The minimum Gasteiger partial charge on any atom is -0.466 e. The molecule has 73 heavy (non-hydrogen) atoms. The van der Waals surface area contributed by atoms with Crippen LogP contribution < -0.4 is 5.32 Å². The second-order valence-corrected chi connectivity index (χ2v) is 22.1. The minimum atomic E-state index is -0.849. The number of ether oxygens (including phenoxy) is 1. The number of carbonyl (C=O) groups is 2. The van der Waals surface area contributed by atoms with Crippen LogP contribution in [0.3, 0.4) is 0 Å². The number of nitrogens with one attached hydrogen (secondary N) is 1. The Kier molecular flexibility index (Phi) is 60.5. The monoisotopic (exact) mass is 1020 g/mol. The molecule has 2 atom stereocenters. The zero-order valence-corrected chi connectivity index (χ0v) is 48.9. The number of allylic oxidation sites excluding steroid dienone is 7. The van der Waals surface area contributed by atoms with Gasteiger partial charge in [-0.3, -0.25) is 9.59 Å². The van der Waals surface area contributed by atoms with Gasteiger partial charge in [-0.05, 0) is 83.5 Å². The first-order chi connectivity index (χ1) is 36.0. The normalized spacial score (nSPS) is 12.9. The molecule has 0 radical (unpaired) electrons. The lowest BCUT2D eigenvalue weighted by molar-refractivity contribution is -0.143. The average molecular weight is 1020 g/mol. The van der Waals surface area contributed by atoms with Crippen LogP contribution in [0, 0.1) is 0 Å². The van der Waals surface area contributed by atoms with Gasteiger partial charge in [-0.2, -0.15) is 0 Å². The molecule has 0 aromatic rings. The summed E-state index contributed by atoms with van der Waals surface area (Å²) in [6.07, 6.45) is 80.1. The lowest BCUT2D eigenvalue weighted by Gasteiger charge is -2.20. The molecular formula is C67H125NO5. The summed E-state index contributed by atoms with van der Waals surface area (Å²) in [5, 5.41) is 23.2. The molecule has 0 aliphatic heterocycles. The first-order valence-corrected chi connectivity index (χ1v) is 32.4. The first kappa shape index (κ1) is 70.8. The molecule has 2 unspecified atom stereocenters. The summed E-state index contributed by atoms with van der Waals surface area (Å²) in [5.41, 5.74) is 0. The Labute approximate surface area is 455 Å². The molecule has 0 rings (SSSR count). The third-order valence-corrected chi connectivity index (χ3v) is 14.8. The lowest BCUT2D eigenvalue weighted by Crippen LogP contribution is -2.45. The summed E-state index contributed by atoms with van der Waals surface area (Å²) >= 11 is 0. The molecule has 6 nitrogen and oxygen atoms in total. The Bertz CT molecular complexity index is 1230. The van der Waals surface area contributed by atoms with Crippen molar-refractivity contribution in [1.82, 2.24) is 5.32 Å². The Balaban J connectivity index is 3.44. The van der Waals surface area contributed by atoms with Gasteiger partial charge in [-0.1, -0.05) is 294 Å². The molecule has 0 saturated carbocycles. The van der Waals surface area contributed by atoms with Crippen LogP contribution in [0.25, 0.3) is 0 Å². The highest BCUT2D eigenvalue weighted by molar-refractivity contribution is 5.76. The SMILES string of the molecule is CCCC/C=C\C/C=C\CCCCCCCC(=O)OCCCCCCCCCCCCCC/C=C\CCCCCCCCCCC(=O)NC(CO)C(O)/C=C/CCCCCCCCCCCCCCCCCC. The number of aliphatic hydroxyl groups is 2. The van der Waals surface area contributed by atoms with Crippen molar-refractivity contribution in [3.8, 4) is 0 Å². The number of hydrogen-bond donors (Lipinski definition) is 3. The molecule has 0 aromatic carbocycles. The fourth-order valence-corrected chi connectivity index (χ4v) is 9.82. The Hall–Kier alpha value is -2.18. The fourth-order valence-electron chi connectivity index (χ4n) is 9.82. The van der Waals surface area contributed by atoms with Gasteiger partial charge >= 0.3 is 5.97 Å². The van der Waals surface area contributed by atoms with E-state index < -0.39 is 12.1 Å². The van der Waals surface area contributed by atoms with Crippen LogP contribution >= 0.6 is 0 Å². The largest absolute Gasteiger partial charge is 0.466 e. The molecule has 428 valence electrons. The maximum Gasteiger partial charge on any atom is 0.305 e. The van der Waals surface area contributed by atoms with Gasteiger partial charge in [0.25, 0.3) is 0 Å². The zero-order valence-electron chi connectivity index (χ0n) is 48.9. The second-order valence-electron chi connectivity index (χ2n) is 22.1. The van der Waals surface area contributed by atoms with E-state index in [1.54, 1.807) is 6.08 Å². The van der Waals surface area contributed by atoms with Crippen LogP contribution in [0.1, 0.15) is 341 Å². The predicted molar refractivity (Wildman–Crippen MR) is 319 cm³/mol. The second kappa shape index (κ2) is 62.4. The predicted octanol–water partition coefficient (Wildman–Crippen LogP) is 20.5. The molecule has 6 heteroatoms. The van der Waals surface area contributed by atoms with Gasteiger partial charge in [0.1, 0.15) is 0 Å². The van der Waals surface area contributed by atoms with Crippen molar-refractivity contribution in [2.45, 2.75) is 353 Å². The lowest BCUT2D eigenvalue weighted by atomic mass is 10.0. The third kappa shape index (κ3) is 58.9. The van der Waals surface area contributed by atoms with E-state index in [4.69, 9.17) is 4.74 Å². The van der Waals surface area contributed by atoms with Crippen molar-refractivity contribution in [3.05, 3.63) is 48.6 Å². The molecule has 0 aliphatic carbocycles. The van der Waals surface area contributed by atoms with E-state index >= 15 is 0 Å². The quantitative estimate of drug-likeness (QED) is 0.0320. The zero-order chi connectivity index (χ0) is 52.9. The van der Waals surface area contributed by atoms with Crippen molar-refractivity contribution in [3.63, 3.8) is 0 Å². The van der Waals surface area contributed by atoms with E-state index in [0.717, 1.165) is 51.4 Å². The number of unbranched alkanes of at least 4 members (excludes halogenated alkanes) is 43. The summed E-state index contributed by atoms with van der Waals surface area (Å²) in [4.78, 5) is 24.5. The van der Waals surface area contributed by atoms with E-state index in [9.17, 15) is 19.8 Å². The van der Waals surface area contributed by atoms with Crippen LogP contribution in [0.4, 0.5) is 0 Å². The molecule has 0 spiro atoms.